The molecular weight excluding hydrogens is 286 g/mol. The Kier molecular flexibility index (Phi) is 3.34. The third-order valence-electron chi connectivity index (χ3n) is 3.52. The van der Waals surface area contributed by atoms with Crippen LogP contribution >= 0.6 is 0 Å². The lowest BCUT2D eigenvalue weighted by molar-refractivity contribution is -0.119. The second-order valence-corrected chi connectivity index (χ2v) is 5.09. The molecule has 0 aliphatic carbocycles. The van der Waals surface area contributed by atoms with Gasteiger partial charge in [0.1, 0.15) is 11.5 Å². The minimum absolute atomic E-state index is 0.238. The quantitative estimate of drug-likeness (QED) is 0.737. The molecule has 0 fully saturated rings. The van der Waals surface area contributed by atoms with Crippen LogP contribution in [0.1, 0.15) is 5.76 Å². The number of nitrogens with zero attached hydrogens (tertiary/aromatic N) is 1. The first-order valence-corrected chi connectivity index (χ1v) is 6.69. The van der Waals surface area contributed by atoms with Crippen LogP contribution in [0.25, 0.3) is 22.4 Å². The first-order chi connectivity index (χ1) is 10.5. The highest BCUT2D eigenvalue weighted by Crippen LogP contribution is 2.26. The van der Waals surface area contributed by atoms with Crippen molar-refractivity contribution in [2.75, 3.05) is 0 Å². The minimum atomic E-state index is -0.781. The van der Waals surface area contributed by atoms with Crippen LogP contribution in [0.3, 0.4) is 0 Å². The van der Waals surface area contributed by atoms with Crippen LogP contribution in [0.4, 0.5) is 0 Å². The van der Waals surface area contributed by atoms with Gasteiger partial charge in [-0.3, -0.25) is 9.36 Å². The average Bonchev–Trinajstić information content (AvgIpc) is 3.05. The predicted octanol–water partition coefficient (Wildman–Crippen LogP) is 0.747. The van der Waals surface area contributed by atoms with E-state index in [0.29, 0.717) is 22.6 Å². The number of primary amides is 1. The molecule has 0 unspecified atom stereocenters. The van der Waals surface area contributed by atoms with Gasteiger partial charge in [-0.25, -0.2) is 4.79 Å². The number of rotatable bonds is 4. The Hall–Kier alpha value is -2.80. The summed E-state index contributed by atoms with van der Waals surface area (Å²) in [6.07, 6.45) is 0.238. The first kappa shape index (κ1) is 14.2. The van der Waals surface area contributed by atoms with E-state index in [1.54, 1.807) is 37.4 Å². The Bertz CT molecular complexity index is 903. The molecule has 3 rings (SSSR count). The Morgan fingerprint density at radius 3 is 2.77 bits per heavy atom. The third kappa shape index (κ3) is 2.42. The van der Waals surface area contributed by atoms with E-state index >= 15 is 0 Å². The molecule has 7 heteroatoms. The second kappa shape index (κ2) is 5.19. The number of aromatic nitrogens is 1. The lowest BCUT2D eigenvalue weighted by Gasteiger charge is -2.04. The normalized spacial score (nSPS) is 12.6. The first-order valence-electron chi connectivity index (χ1n) is 6.69. The molecule has 3 aromatic rings. The number of hydrogen-bond acceptors (Lipinski definition) is 5. The van der Waals surface area contributed by atoms with Crippen molar-refractivity contribution < 1.29 is 13.6 Å². The molecule has 22 heavy (non-hydrogen) atoms. The van der Waals surface area contributed by atoms with Crippen LogP contribution in [-0.2, 0) is 18.3 Å². The summed E-state index contributed by atoms with van der Waals surface area (Å²) in [6.45, 7) is 0. The summed E-state index contributed by atoms with van der Waals surface area (Å²) >= 11 is 0. The number of nitrogens with two attached hydrogens (primary N) is 2. The van der Waals surface area contributed by atoms with E-state index in [1.807, 2.05) is 0 Å². The van der Waals surface area contributed by atoms with E-state index in [1.165, 1.54) is 4.57 Å². The van der Waals surface area contributed by atoms with Gasteiger partial charge < -0.3 is 20.3 Å². The predicted molar refractivity (Wildman–Crippen MR) is 80.0 cm³/mol. The molecule has 0 spiro atoms. The van der Waals surface area contributed by atoms with Crippen LogP contribution in [0.5, 0.6) is 0 Å². The van der Waals surface area contributed by atoms with Crippen LogP contribution in [0.15, 0.2) is 44.0 Å². The molecule has 114 valence electrons. The van der Waals surface area contributed by atoms with Gasteiger partial charge in [0.15, 0.2) is 5.58 Å². The Morgan fingerprint density at radius 1 is 1.27 bits per heavy atom. The van der Waals surface area contributed by atoms with Gasteiger partial charge in [0, 0.05) is 19.0 Å². The highest BCUT2D eigenvalue weighted by molar-refractivity contribution is 5.80. The maximum absolute atomic E-state index is 11.5. The molecule has 0 saturated heterocycles. The molecule has 0 bridgehead atoms. The second-order valence-electron chi connectivity index (χ2n) is 5.09. The fraction of sp³-hybridized carbons (Fsp3) is 0.200. The van der Waals surface area contributed by atoms with E-state index in [9.17, 15) is 9.59 Å². The zero-order valence-electron chi connectivity index (χ0n) is 11.9. The lowest BCUT2D eigenvalue weighted by Crippen LogP contribution is -2.37. The van der Waals surface area contributed by atoms with Crippen molar-refractivity contribution in [3.63, 3.8) is 0 Å². The average molecular weight is 301 g/mol. The van der Waals surface area contributed by atoms with E-state index < -0.39 is 17.7 Å². The maximum Gasteiger partial charge on any atom is 0.419 e. The van der Waals surface area contributed by atoms with Gasteiger partial charge in [0.2, 0.25) is 5.91 Å². The fourth-order valence-electron chi connectivity index (χ4n) is 2.24. The van der Waals surface area contributed by atoms with Gasteiger partial charge in [-0.2, -0.15) is 0 Å². The summed E-state index contributed by atoms with van der Waals surface area (Å²) in [5.74, 6) is 0.192. The highest BCUT2D eigenvalue weighted by Gasteiger charge is 2.14. The summed E-state index contributed by atoms with van der Waals surface area (Å²) in [7, 11) is 1.64. The number of furan rings is 1. The maximum atomic E-state index is 11.5. The van der Waals surface area contributed by atoms with E-state index in [0.717, 1.165) is 5.56 Å². The standard InChI is InChI=1S/C15H15N3O4/c1-18-11-6-8(2-4-13(11)22-15(18)20)12-5-3-9(21-12)7-10(16)14(17)19/h2-6,10H,7,16H2,1H3,(H2,17,19)/t10-/m0/s1. The lowest BCUT2D eigenvalue weighted by atomic mass is 10.1. The molecule has 4 N–H and O–H groups in total. The summed E-state index contributed by atoms with van der Waals surface area (Å²) in [6, 6.07) is 8.05. The Balaban J connectivity index is 1.94. The van der Waals surface area contributed by atoms with E-state index in [-0.39, 0.29) is 6.42 Å². The fourth-order valence-corrected chi connectivity index (χ4v) is 2.24. The van der Waals surface area contributed by atoms with Crippen LogP contribution in [-0.4, -0.2) is 16.5 Å². The van der Waals surface area contributed by atoms with Crippen LogP contribution < -0.4 is 17.2 Å². The molecule has 1 atom stereocenters. The van der Waals surface area contributed by atoms with Crippen molar-refractivity contribution >= 4 is 17.0 Å². The molecule has 2 heterocycles. The highest BCUT2D eigenvalue weighted by atomic mass is 16.4. The molecule has 7 nitrogen and oxygen atoms in total. The third-order valence-corrected chi connectivity index (χ3v) is 3.52. The summed E-state index contributed by atoms with van der Waals surface area (Å²) < 4.78 is 12.2. The largest absolute Gasteiger partial charge is 0.461 e. The molecule has 2 aromatic heterocycles. The van der Waals surface area contributed by atoms with Gasteiger partial charge >= 0.3 is 5.76 Å². The van der Waals surface area contributed by atoms with Gasteiger partial charge in [0.05, 0.1) is 11.6 Å². The zero-order chi connectivity index (χ0) is 15.9. The molecule has 0 radical (unpaired) electrons. The summed E-state index contributed by atoms with van der Waals surface area (Å²) in [5, 5.41) is 0. The number of oxazole rings is 1. The number of carbonyl (C=O) groups excluding carboxylic acids is 1. The van der Waals surface area contributed by atoms with Gasteiger partial charge in [0.25, 0.3) is 0 Å². The van der Waals surface area contributed by atoms with Crippen molar-refractivity contribution in [3.8, 4) is 11.3 Å². The molecule has 0 aliphatic rings. The monoisotopic (exact) mass is 301 g/mol. The molecule has 0 aliphatic heterocycles. The van der Waals surface area contributed by atoms with Crippen LogP contribution in [0.2, 0.25) is 0 Å². The number of fused-ring (bicyclic) bond motifs is 1. The van der Waals surface area contributed by atoms with Gasteiger partial charge in [-0.05, 0) is 30.3 Å². The number of aryl methyl sites for hydroxylation is 1. The molecular formula is C15H15N3O4. The Morgan fingerprint density at radius 2 is 2.05 bits per heavy atom. The van der Waals surface area contributed by atoms with Crippen molar-refractivity contribution in [1.29, 1.82) is 0 Å². The minimum Gasteiger partial charge on any atom is -0.461 e. The number of amides is 1. The number of hydrogen-bond donors (Lipinski definition) is 2. The Labute approximate surface area is 125 Å². The smallest absolute Gasteiger partial charge is 0.419 e. The van der Waals surface area contributed by atoms with Crippen LogP contribution in [0, 0.1) is 0 Å². The number of benzene rings is 1. The van der Waals surface area contributed by atoms with Gasteiger partial charge in [-0.15, -0.1) is 0 Å². The molecule has 1 aromatic carbocycles. The molecule has 1 amide bonds. The van der Waals surface area contributed by atoms with E-state index in [2.05, 4.69) is 0 Å². The van der Waals surface area contributed by atoms with Crippen molar-refractivity contribution in [3.05, 3.63) is 46.6 Å². The SMILES string of the molecule is Cn1c(=O)oc2ccc(-c3ccc(C[C@H](N)C(N)=O)o3)cc21. The van der Waals surface area contributed by atoms with Gasteiger partial charge in [-0.1, -0.05) is 0 Å². The van der Waals surface area contributed by atoms with Crippen molar-refractivity contribution in [2.24, 2.45) is 18.5 Å². The summed E-state index contributed by atoms with van der Waals surface area (Å²) in [5.41, 5.74) is 12.7. The number of carbonyl (C=O) groups is 1. The van der Waals surface area contributed by atoms with Crippen molar-refractivity contribution in [1.82, 2.24) is 4.57 Å². The van der Waals surface area contributed by atoms with Crippen molar-refractivity contribution in [2.45, 2.75) is 12.5 Å². The topological polar surface area (TPSA) is 117 Å². The summed E-state index contributed by atoms with van der Waals surface area (Å²) in [4.78, 5) is 22.5. The zero-order valence-corrected chi connectivity index (χ0v) is 11.9. The van der Waals surface area contributed by atoms with E-state index in [4.69, 9.17) is 20.3 Å². The molecule has 0 saturated carbocycles.